The van der Waals surface area contributed by atoms with Gasteiger partial charge in [-0.2, -0.15) is 0 Å². The van der Waals surface area contributed by atoms with Crippen LogP contribution in [-0.4, -0.2) is 22.3 Å². The lowest BCUT2D eigenvalue weighted by Crippen LogP contribution is -2.00. The molecule has 0 rings (SSSR count). The second-order valence-corrected chi connectivity index (χ2v) is 5.58. The zero-order chi connectivity index (χ0) is 17.2. The molecule has 0 saturated carbocycles. The Labute approximate surface area is 141 Å². The van der Waals surface area contributed by atoms with E-state index in [2.05, 4.69) is 31.2 Å². The fraction of sp³-hybridized carbons (Fsp3) is 0.550. The predicted molar refractivity (Wildman–Crippen MR) is 97.4 cm³/mol. The highest BCUT2D eigenvalue weighted by Crippen LogP contribution is 2.04. The molecule has 0 unspecified atom stereocenters. The highest BCUT2D eigenvalue weighted by Gasteiger charge is 1.96. The van der Waals surface area contributed by atoms with Crippen molar-refractivity contribution in [3.63, 3.8) is 0 Å². The van der Waals surface area contributed by atoms with Gasteiger partial charge in [-0.05, 0) is 32.1 Å². The highest BCUT2D eigenvalue weighted by atomic mass is 16.4. The lowest BCUT2D eigenvalue weighted by molar-refractivity contribution is -0.137. The number of aliphatic hydroxyl groups is 1. The maximum Gasteiger partial charge on any atom is 0.303 e. The van der Waals surface area contributed by atoms with Gasteiger partial charge in [-0.15, -0.1) is 0 Å². The van der Waals surface area contributed by atoms with Gasteiger partial charge in [0.2, 0.25) is 0 Å². The van der Waals surface area contributed by atoms with Crippen molar-refractivity contribution in [1.29, 1.82) is 0 Å². The van der Waals surface area contributed by atoms with Crippen molar-refractivity contribution in [2.45, 2.75) is 70.8 Å². The minimum Gasteiger partial charge on any atom is -0.481 e. The molecule has 0 aromatic rings. The number of carboxylic acids is 1. The zero-order valence-corrected chi connectivity index (χ0v) is 14.4. The first-order valence-electron chi connectivity index (χ1n) is 8.70. The van der Waals surface area contributed by atoms with Gasteiger partial charge in [0.15, 0.2) is 0 Å². The summed E-state index contributed by atoms with van der Waals surface area (Å²) in [5.41, 5.74) is 0. The van der Waals surface area contributed by atoms with Gasteiger partial charge in [-0.3, -0.25) is 4.79 Å². The molecule has 0 aliphatic heterocycles. The van der Waals surface area contributed by atoms with Crippen LogP contribution in [0.25, 0.3) is 0 Å². The van der Waals surface area contributed by atoms with Crippen LogP contribution >= 0.6 is 0 Å². The Morgan fingerprint density at radius 3 is 2.35 bits per heavy atom. The van der Waals surface area contributed by atoms with Crippen LogP contribution in [0.15, 0.2) is 48.6 Å². The molecule has 0 aromatic heterocycles. The third kappa shape index (κ3) is 18.3. The summed E-state index contributed by atoms with van der Waals surface area (Å²) in [5, 5.41) is 18.2. The molecule has 23 heavy (non-hydrogen) atoms. The molecule has 3 nitrogen and oxygen atoms in total. The van der Waals surface area contributed by atoms with Gasteiger partial charge in [-0.1, -0.05) is 74.8 Å². The molecule has 3 heteroatoms. The molecule has 0 aromatic carbocycles. The SMILES string of the molecule is CCCCC[C@@H](O)/C=C/C=C/C/C=C\C/C=C/CCCC(=O)O. The van der Waals surface area contributed by atoms with E-state index in [1.165, 1.54) is 12.8 Å². The van der Waals surface area contributed by atoms with Crippen LogP contribution in [0.4, 0.5) is 0 Å². The van der Waals surface area contributed by atoms with Crippen molar-refractivity contribution in [2.24, 2.45) is 0 Å². The monoisotopic (exact) mass is 320 g/mol. The molecule has 2 N–H and O–H groups in total. The molecular formula is C20H32O3. The smallest absolute Gasteiger partial charge is 0.303 e. The Morgan fingerprint density at radius 2 is 1.65 bits per heavy atom. The van der Waals surface area contributed by atoms with E-state index in [1.807, 2.05) is 24.3 Å². The summed E-state index contributed by atoms with van der Waals surface area (Å²) in [6.45, 7) is 2.16. The van der Waals surface area contributed by atoms with Crippen LogP contribution < -0.4 is 0 Å². The minimum atomic E-state index is -0.729. The Balaban J connectivity index is 3.57. The second kappa shape index (κ2) is 16.8. The Hall–Kier alpha value is -1.61. The molecule has 0 radical (unpaired) electrons. The molecular weight excluding hydrogens is 288 g/mol. The van der Waals surface area contributed by atoms with Crippen LogP contribution in [0, 0.1) is 0 Å². The van der Waals surface area contributed by atoms with Gasteiger partial charge < -0.3 is 10.2 Å². The Kier molecular flexibility index (Phi) is 15.6. The average molecular weight is 320 g/mol. The summed E-state index contributed by atoms with van der Waals surface area (Å²) < 4.78 is 0. The maximum atomic E-state index is 10.3. The van der Waals surface area contributed by atoms with Gasteiger partial charge >= 0.3 is 5.97 Å². The summed E-state index contributed by atoms with van der Waals surface area (Å²) in [5.74, 6) is -0.729. The quantitative estimate of drug-likeness (QED) is 0.263. The summed E-state index contributed by atoms with van der Waals surface area (Å²) in [4.78, 5) is 10.3. The van der Waals surface area contributed by atoms with E-state index < -0.39 is 5.97 Å². The third-order valence-corrected chi connectivity index (χ3v) is 3.32. The number of unbranched alkanes of at least 4 members (excludes halogenated alkanes) is 3. The van der Waals surface area contributed by atoms with Gasteiger partial charge in [-0.25, -0.2) is 0 Å². The highest BCUT2D eigenvalue weighted by molar-refractivity contribution is 5.66. The van der Waals surface area contributed by atoms with Gasteiger partial charge in [0.05, 0.1) is 6.10 Å². The minimum absolute atomic E-state index is 0.242. The summed E-state index contributed by atoms with van der Waals surface area (Å²) in [6, 6.07) is 0. The first-order valence-corrected chi connectivity index (χ1v) is 8.70. The molecule has 0 spiro atoms. The molecule has 0 fully saturated rings. The fourth-order valence-electron chi connectivity index (χ4n) is 1.98. The zero-order valence-electron chi connectivity index (χ0n) is 14.4. The number of carbonyl (C=O) groups is 1. The molecule has 0 saturated heterocycles. The largest absolute Gasteiger partial charge is 0.481 e. The predicted octanol–water partition coefficient (Wildman–Crippen LogP) is 5.19. The van der Waals surface area contributed by atoms with Crippen LogP contribution in [-0.2, 0) is 4.79 Å². The number of rotatable bonds is 14. The number of carboxylic acid groups (broad SMARTS) is 1. The van der Waals surface area contributed by atoms with Crippen molar-refractivity contribution < 1.29 is 15.0 Å². The van der Waals surface area contributed by atoms with Gasteiger partial charge in [0.25, 0.3) is 0 Å². The Bertz CT molecular complexity index is 392. The number of hydrogen-bond donors (Lipinski definition) is 2. The fourth-order valence-corrected chi connectivity index (χ4v) is 1.98. The lowest BCUT2D eigenvalue weighted by atomic mass is 10.1. The van der Waals surface area contributed by atoms with E-state index in [9.17, 15) is 9.90 Å². The van der Waals surface area contributed by atoms with Crippen LogP contribution in [0.1, 0.15) is 64.7 Å². The van der Waals surface area contributed by atoms with E-state index >= 15 is 0 Å². The second-order valence-electron chi connectivity index (χ2n) is 5.58. The number of hydrogen-bond acceptors (Lipinski definition) is 2. The van der Waals surface area contributed by atoms with E-state index in [-0.39, 0.29) is 12.5 Å². The first-order chi connectivity index (χ1) is 11.2. The van der Waals surface area contributed by atoms with Crippen molar-refractivity contribution in [1.82, 2.24) is 0 Å². The molecule has 0 bridgehead atoms. The molecule has 0 aliphatic rings. The number of aliphatic carboxylic acids is 1. The summed E-state index contributed by atoms with van der Waals surface area (Å²) >= 11 is 0. The van der Waals surface area contributed by atoms with Crippen LogP contribution in [0.3, 0.4) is 0 Å². The lowest BCUT2D eigenvalue weighted by Gasteiger charge is -2.02. The van der Waals surface area contributed by atoms with Crippen molar-refractivity contribution >= 4 is 5.97 Å². The first kappa shape index (κ1) is 21.4. The molecule has 0 aliphatic carbocycles. The number of aliphatic hydroxyl groups excluding tert-OH is 1. The number of allylic oxidation sites excluding steroid dienone is 7. The van der Waals surface area contributed by atoms with Crippen LogP contribution in [0.2, 0.25) is 0 Å². The molecule has 1 atom stereocenters. The van der Waals surface area contributed by atoms with E-state index in [1.54, 1.807) is 0 Å². The molecule has 0 amide bonds. The maximum absolute atomic E-state index is 10.3. The summed E-state index contributed by atoms with van der Waals surface area (Å²) in [7, 11) is 0. The molecule has 130 valence electrons. The standard InChI is InChI=1S/C20H32O3/c1-2-3-13-16-19(21)17-14-11-9-7-5-4-6-8-10-12-15-18-20(22)23/h4-5,8-11,14,17,19,21H,2-3,6-7,12-13,15-16,18H2,1H3,(H,22,23)/b5-4-,10-8+,11-9+,17-14+/t19-/m1/s1. The van der Waals surface area contributed by atoms with E-state index in [4.69, 9.17) is 5.11 Å². The van der Waals surface area contributed by atoms with E-state index in [0.717, 1.165) is 32.1 Å². The molecule has 0 heterocycles. The summed E-state index contributed by atoms with van der Waals surface area (Å²) in [6.07, 6.45) is 23.6. The van der Waals surface area contributed by atoms with Gasteiger partial charge in [0, 0.05) is 6.42 Å². The van der Waals surface area contributed by atoms with Crippen LogP contribution in [0.5, 0.6) is 0 Å². The average Bonchev–Trinajstić information content (AvgIpc) is 2.51. The topological polar surface area (TPSA) is 57.5 Å². The third-order valence-electron chi connectivity index (χ3n) is 3.32. The van der Waals surface area contributed by atoms with Crippen molar-refractivity contribution in [3.8, 4) is 0 Å². The van der Waals surface area contributed by atoms with Crippen molar-refractivity contribution in [3.05, 3.63) is 48.6 Å². The normalized spacial score (nSPS) is 13.8. The van der Waals surface area contributed by atoms with Crippen molar-refractivity contribution in [2.75, 3.05) is 0 Å². The van der Waals surface area contributed by atoms with Gasteiger partial charge in [0.1, 0.15) is 0 Å². The Morgan fingerprint density at radius 1 is 0.957 bits per heavy atom. The van der Waals surface area contributed by atoms with E-state index in [0.29, 0.717) is 6.42 Å².